The highest BCUT2D eigenvalue weighted by atomic mass is 16.5. The number of ether oxygens (including phenoxy) is 2. The SMILES string of the molecule is COc1ccc(CN(CCC2CCOCC2)C(=O)c2ccco2)cc1. The molecule has 3 rings (SSSR count). The van der Waals surface area contributed by atoms with Gasteiger partial charge in [-0.05, 0) is 55.0 Å². The number of amides is 1. The van der Waals surface area contributed by atoms with Crippen LogP contribution in [0.4, 0.5) is 0 Å². The van der Waals surface area contributed by atoms with Crippen molar-refractivity contribution in [1.82, 2.24) is 4.90 Å². The van der Waals surface area contributed by atoms with E-state index in [1.807, 2.05) is 29.2 Å². The van der Waals surface area contributed by atoms with Crippen molar-refractivity contribution in [2.24, 2.45) is 5.92 Å². The highest BCUT2D eigenvalue weighted by molar-refractivity contribution is 5.91. The van der Waals surface area contributed by atoms with Crippen LogP contribution in [-0.4, -0.2) is 37.7 Å². The molecule has 1 amide bonds. The first-order valence-corrected chi connectivity index (χ1v) is 8.79. The molecule has 5 heteroatoms. The Morgan fingerprint density at radius 2 is 1.96 bits per heavy atom. The first-order valence-electron chi connectivity index (χ1n) is 8.79. The molecule has 2 heterocycles. The van der Waals surface area contributed by atoms with Gasteiger partial charge in [0.05, 0.1) is 13.4 Å². The lowest BCUT2D eigenvalue weighted by Crippen LogP contribution is -2.33. The van der Waals surface area contributed by atoms with Crippen LogP contribution >= 0.6 is 0 Å². The molecule has 0 saturated carbocycles. The standard InChI is InChI=1S/C20H25NO4/c1-23-18-6-4-17(5-7-18)15-21(20(22)19-3-2-12-25-19)11-8-16-9-13-24-14-10-16/h2-7,12,16H,8-11,13-15H2,1H3. The third kappa shape index (κ3) is 4.86. The molecule has 0 aliphatic carbocycles. The number of furan rings is 1. The molecule has 1 saturated heterocycles. The predicted octanol–water partition coefficient (Wildman–Crippen LogP) is 3.75. The van der Waals surface area contributed by atoms with Crippen molar-refractivity contribution in [3.8, 4) is 5.75 Å². The smallest absolute Gasteiger partial charge is 0.289 e. The molecule has 5 nitrogen and oxygen atoms in total. The average molecular weight is 343 g/mol. The lowest BCUT2D eigenvalue weighted by atomic mass is 9.96. The summed E-state index contributed by atoms with van der Waals surface area (Å²) in [6, 6.07) is 11.3. The Morgan fingerprint density at radius 3 is 2.60 bits per heavy atom. The predicted molar refractivity (Wildman–Crippen MR) is 94.6 cm³/mol. The van der Waals surface area contributed by atoms with Gasteiger partial charge in [0.15, 0.2) is 5.76 Å². The van der Waals surface area contributed by atoms with Gasteiger partial charge in [0.25, 0.3) is 5.91 Å². The van der Waals surface area contributed by atoms with Gasteiger partial charge in [-0.2, -0.15) is 0 Å². The average Bonchev–Trinajstić information content (AvgIpc) is 3.20. The molecule has 1 aromatic heterocycles. The van der Waals surface area contributed by atoms with E-state index >= 15 is 0 Å². The number of hydrogen-bond acceptors (Lipinski definition) is 4. The molecule has 2 aromatic rings. The number of carbonyl (C=O) groups is 1. The first kappa shape index (κ1) is 17.5. The third-order valence-corrected chi connectivity index (χ3v) is 4.70. The molecule has 0 unspecified atom stereocenters. The Morgan fingerprint density at radius 1 is 1.20 bits per heavy atom. The van der Waals surface area contributed by atoms with Gasteiger partial charge in [-0.15, -0.1) is 0 Å². The molecule has 0 N–H and O–H groups in total. The normalized spacial score (nSPS) is 15.1. The maximum atomic E-state index is 12.8. The molecule has 25 heavy (non-hydrogen) atoms. The second-order valence-corrected chi connectivity index (χ2v) is 6.40. The Balaban J connectivity index is 1.67. The molecule has 0 atom stereocenters. The third-order valence-electron chi connectivity index (χ3n) is 4.70. The van der Waals surface area contributed by atoms with Crippen molar-refractivity contribution in [3.05, 3.63) is 54.0 Å². The van der Waals surface area contributed by atoms with Gasteiger partial charge in [-0.3, -0.25) is 4.79 Å². The minimum atomic E-state index is -0.0622. The van der Waals surface area contributed by atoms with Gasteiger partial charge < -0.3 is 18.8 Å². The summed E-state index contributed by atoms with van der Waals surface area (Å²) in [7, 11) is 1.65. The highest BCUT2D eigenvalue weighted by Crippen LogP contribution is 2.21. The second kappa shape index (κ2) is 8.72. The molecule has 1 aliphatic heterocycles. The summed E-state index contributed by atoms with van der Waals surface area (Å²) >= 11 is 0. The van der Waals surface area contributed by atoms with E-state index in [2.05, 4.69) is 0 Å². The monoisotopic (exact) mass is 343 g/mol. The summed E-state index contributed by atoms with van der Waals surface area (Å²) in [5, 5.41) is 0. The van der Waals surface area contributed by atoms with Crippen molar-refractivity contribution in [3.63, 3.8) is 0 Å². The zero-order valence-electron chi connectivity index (χ0n) is 14.6. The summed E-state index contributed by atoms with van der Waals surface area (Å²) in [6.07, 6.45) is 4.68. The summed E-state index contributed by atoms with van der Waals surface area (Å²) in [5.41, 5.74) is 1.08. The fraction of sp³-hybridized carbons (Fsp3) is 0.450. The number of hydrogen-bond donors (Lipinski definition) is 0. The van der Waals surface area contributed by atoms with Gasteiger partial charge in [-0.1, -0.05) is 12.1 Å². The van der Waals surface area contributed by atoms with Crippen LogP contribution in [0.2, 0.25) is 0 Å². The molecule has 0 radical (unpaired) electrons. The lowest BCUT2D eigenvalue weighted by Gasteiger charge is -2.27. The number of methoxy groups -OCH3 is 1. The van der Waals surface area contributed by atoms with E-state index in [-0.39, 0.29) is 5.91 Å². The largest absolute Gasteiger partial charge is 0.497 e. The van der Waals surface area contributed by atoms with Gasteiger partial charge in [0.2, 0.25) is 0 Å². The van der Waals surface area contributed by atoms with E-state index in [4.69, 9.17) is 13.9 Å². The maximum absolute atomic E-state index is 12.8. The van der Waals surface area contributed by atoms with Crippen LogP contribution in [0.15, 0.2) is 47.1 Å². The van der Waals surface area contributed by atoms with Gasteiger partial charge >= 0.3 is 0 Å². The highest BCUT2D eigenvalue weighted by Gasteiger charge is 2.21. The quantitative estimate of drug-likeness (QED) is 0.768. The minimum Gasteiger partial charge on any atom is -0.497 e. The summed E-state index contributed by atoms with van der Waals surface area (Å²) < 4.78 is 15.9. The molecule has 0 bridgehead atoms. The number of benzene rings is 1. The molecule has 1 aromatic carbocycles. The topological polar surface area (TPSA) is 51.9 Å². The fourth-order valence-electron chi connectivity index (χ4n) is 3.13. The van der Waals surface area contributed by atoms with E-state index in [0.717, 1.165) is 50.3 Å². The van der Waals surface area contributed by atoms with E-state index in [0.29, 0.717) is 18.2 Å². The zero-order chi connectivity index (χ0) is 17.5. The number of nitrogens with zero attached hydrogens (tertiary/aromatic N) is 1. The number of carbonyl (C=O) groups excluding carboxylic acids is 1. The van der Waals surface area contributed by atoms with E-state index in [1.54, 1.807) is 19.2 Å². The summed E-state index contributed by atoms with van der Waals surface area (Å²) in [4.78, 5) is 14.7. The summed E-state index contributed by atoms with van der Waals surface area (Å²) in [6.45, 7) is 2.94. The molecular formula is C20H25NO4. The zero-order valence-corrected chi connectivity index (χ0v) is 14.6. The van der Waals surface area contributed by atoms with Crippen LogP contribution in [-0.2, 0) is 11.3 Å². The van der Waals surface area contributed by atoms with E-state index in [1.165, 1.54) is 6.26 Å². The van der Waals surface area contributed by atoms with Crippen LogP contribution in [0.3, 0.4) is 0 Å². The van der Waals surface area contributed by atoms with Gasteiger partial charge in [-0.25, -0.2) is 0 Å². The lowest BCUT2D eigenvalue weighted by molar-refractivity contribution is 0.0546. The van der Waals surface area contributed by atoms with Crippen molar-refractivity contribution >= 4 is 5.91 Å². The Kier molecular flexibility index (Phi) is 6.12. The molecule has 1 fully saturated rings. The second-order valence-electron chi connectivity index (χ2n) is 6.40. The Labute approximate surface area is 148 Å². The van der Waals surface area contributed by atoms with Crippen molar-refractivity contribution in [2.45, 2.75) is 25.8 Å². The van der Waals surface area contributed by atoms with E-state index in [9.17, 15) is 4.79 Å². The Bertz CT molecular complexity index is 645. The van der Waals surface area contributed by atoms with Crippen LogP contribution in [0, 0.1) is 5.92 Å². The van der Waals surface area contributed by atoms with Gasteiger partial charge in [0.1, 0.15) is 5.75 Å². The van der Waals surface area contributed by atoms with Crippen LogP contribution < -0.4 is 4.74 Å². The van der Waals surface area contributed by atoms with Crippen molar-refractivity contribution < 1.29 is 18.7 Å². The van der Waals surface area contributed by atoms with Gasteiger partial charge in [0, 0.05) is 26.3 Å². The fourth-order valence-corrected chi connectivity index (χ4v) is 3.13. The van der Waals surface area contributed by atoms with E-state index < -0.39 is 0 Å². The van der Waals surface area contributed by atoms with Crippen molar-refractivity contribution in [1.29, 1.82) is 0 Å². The summed E-state index contributed by atoms with van der Waals surface area (Å²) in [5.74, 6) is 1.76. The Hall–Kier alpha value is -2.27. The molecule has 0 spiro atoms. The molecule has 134 valence electrons. The first-order chi connectivity index (χ1) is 12.3. The van der Waals surface area contributed by atoms with Crippen LogP contribution in [0.25, 0.3) is 0 Å². The molecule has 1 aliphatic rings. The van der Waals surface area contributed by atoms with Crippen molar-refractivity contribution in [2.75, 3.05) is 26.9 Å². The molecular weight excluding hydrogens is 318 g/mol. The van der Waals surface area contributed by atoms with Crippen LogP contribution in [0.1, 0.15) is 35.4 Å². The number of rotatable bonds is 7. The maximum Gasteiger partial charge on any atom is 0.289 e. The minimum absolute atomic E-state index is 0.0622. The van der Waals surface area contributed by atoms with Crippen LogP contribution in [0.5, 0.6) is 5.75 Å².